The lowest BCUT2D eigenvalue weighted by Crippen LogP contribution is -1.89. The average Bonchev–Trinajstić information content (AvgIpc) is 2.08. The van der Waals surface area contributed by atoms with E-state index in [0.29, 0.717) is 10.7 Å². The number of nitrogens with zero attached hydrogens (tertiary/aromatic N) is 1. The Bertz CT molecular complexity index is 319. The van der Waals surface area contributed by atoms with E-state index in [4.69, 9.17) is 16.7 Å². The summed E-state index contributed by atoms with van der Waals surface area (Å²) >= 11 is 5.62. The maximum Gasteiger partial charge on any atom is 0.307 e. The molecule has 0 saturated heterocycles. The predicted octanol–water partition coefficient (Wildman–Crippen LogP) is 2.22. The third-order valence-corrected chi connectivity index (χ3v) is 1.55. The first-order chi connectivity index (χ1) is 6.18. The summed E-state index contributed by atoms with van der Waals surface area (Å²) < 4.78 is 0. The van der Waals surface area contributed by atoms with Gasteiger partial charge in [-0.1, -0.05) is 17.7 Å². The molecule has 1 aromatic rings. The van der Waals surface area contributed by atoms with Gasteiger partial charge in [-0.2, -0.15) is 0 Å². The van der Waals surface area contributed by atoms with Crippen molar-refractivity contribution in [2.75, 3.05) is 0 Å². The van der Waals surface area contributed by atoms with E-state index in [1.807, 2.05) is 0 Å². The Balaban J connectivity index is 2.59. The number of halogens is 1. The molecule has 0 atom stereocenters. The van der Waals surface area contributed by atoms with Crippen LogP contribution in [0.5, 0.6) is 0 Å². The molecule has 0 amide bonds. The Kier molecular flexibility index (Phi) is 3.46. The quantitative estimate of drug-likeness (QED) is 0.809. The van der Waals surface area contributed by atoms with Gasteiger partial charge in [-0.15, -0.1) is 0 Å². The van der Waals surface area contributed by atoms with Gasteiger partial charge in [0.15, 0.2) is 0 Å². The highest BCUT2D eigenvalue weighted by molar-refractivity contribution is 6.30. The predicted molar refractivity (Wildman–Crippen MR) is 50.5 cm³/mol. The lowest BCUT2D eigenvalue weighted by atomic mass is 10.3. The summed E-state index contributed by atoms with van der Waals surface area (Å²) in [4.78, 5) is 14.1. The zero-order valence-corrected chi connectivity index (χ0v) is 7.53. The van der Waals surface area contributed by atoms with E-state index in [9.17, 15) is 4.79 Å². The minimum Gasteiger partial charge on any atom is -0.481 e. The van der Waals surface area contributed by atoms with Crippen LogP contribution in [0.2, 0.25) is 5.02 Å². The molecule has 0 aliphatic heterocycles. The molecule has 1 N–H and O–H groups in total. The Labute approximate surface area is 80.7 Å². The van der Waals surface area contributed by atoms with Crippen molar-refractivity contribution in [3.63, 3.8) is 0 Å². The maximum absolute atomic E-state index is 10.2. The number of aromatic nitrogens is 1. The molecule has 0 aliphatic carbocycles. The van der Waals surface area contributed by atoms with Crippen LogP contribution in [0.25, 0.3) is 6.08 Å². The van der Waals surface area contributed by atoms with Gasteiger partial charge in [-0.3, -0.25) is 9.78 Å². The molecule has 0 radical (unpaired) electrons. The number of aliphatic carboxylic acids is 1. The molecule has 0 aliphatic rings. The number of pyridine rings is 1. The summed E-state index contributed by atoms with van der Waals surface area (Å²) in [6, 6.07) is 3.43. The first kappa shape index (κ1) is 9.74. The largest absolute Gasteiger partial charge is 0.481 e. The third-order valence-electron chi connectivity index (χ3n) is 1.33. The topological polar surface area (TPSA) is 50.2 Å². The smallest absolute Gasteiger partial charge is 0.307 e. The van der Waals surface area contributed by atoms with Crippen LogP contribution in [0.1, 0.15) is 12.1 Å². The van der Waals surface area contributed by atoms with E-state index in [0.717, 1.165) is 0 Å². The number of hydrogen-bond donors (Lipinski definition) is 1. The fourth-order valence-corrected chi connectivity index (χ4v) is 0.878. The number of carboxylic acid groups (broad SMARTS) is 1. The fraction of sp³-hybridized carbons (Fsp3) is 0.111. The van der Waals surface area contributed by atoms with E-state index < -0.39 is 5.97 Å². The monoisotopic (exact) mass is 197 g/mol. The van der Waals surface area contributed by atoms with E-state index in [-0.39, 0.29) is 6.42 Å². The molecule has 3 nitrogen and oxygen atoms in total. The van der Waals surface area contributed by atoms with E-state index in [1.54, 1.807) is 24.3 Å². The molecule has 68 valence electrons. The van der Waals surface area contributed by atoms with Crippen molar-refractivity contribution < 1.29 is 9.90 Å². The molecular weight excluding hydrogens is 190 g/mol. The van der Waals surface area contributed by atoms with Crippen molar-refractivity contribution in [2.45, 2.75) is 6.42 Å². The zero-order chi connectivity index (χ0) is 9.68. The molecule has 1 rings (SSSR count). The lowest BCUT2D eigenvalue weighted by Gasteiger charge is -1.91. The molecule has 1 heterocycles. The zero-order valence-electron chi connectivity index (χ0n) is 6.77. The van der Waals surface area contributed by atoms with Crippen LogP contribution in [0.4, 0.5) is 0 Å². The van der Waals surface area contributed by atoms with Gasteiger partial charge in [0.1, 0.15) is 0 Å². The Morgan fingerprint density at radius 3 is 2.92 bits per heavy atom. The molecule has 0 fully saturated rings. The van der Waals surface area contributed by atoms with E-state index >= 15 is 0 Å². The van der Waals surface area contributed by atoms with Crippen LogP contribution in [0.3, 0.4) is 0 Å². The Morgan fingerprint density at radius 2 is 2.38 bits per heavy atom. The second-order valence-electron chi connectivity index (χ2n) is 2.40. The Hall–Kier alpha value is -1.35. The van der Waals surface area contributed by atoms with Gasteiger partial charge in [0.2, 0.25) is 0 Å². The van der Waals surface area contributed by atoms with Crippen LogP contribution in [0, 0.1) is 0 Å². The minimum absolute atomic E-state index is 0.00427. The summed E-state index contributed by atoms with van der Waals surface area (Å²) in [5.74, 6) is -0.856. The van der Waals surface area contributed by atoms with E-state index in [1.165, 1.54) is 6.20 Å². The molecule has 0 spiro atoms. The van der Waals surface area contributed by atoms with Crippen molar-refractivity contribution in [1.82, 2.24) is 4.98 Å². The van der Waals surface area contributed by atoms with Crippen molar-refractivity contribution in [2.24, 2.45) is 0 Å². The molecular formula is C9H8ClNO2. The van der Waals surface area contributed by atoms with E-state index in [2.05, 4.69) is 4.98 Å². The molecule has 4 heteroatoms. The highest BCUT2D eigenvalue weighted by atomic mass is 35.5. The van der Waals surface area contributed by atoms with Crippen LogP contribution < -0.4 is 0 Å². The van der Waals surface area contributed by atoms with Crippen LogP contribution in [-0.2, 0) is 4.79 Å². The summed E-state index contributed by atoms with van der Waals surface area (Å²) in [5, 5.41) is 8.91. The standard InChI is InChI=1S/C9H8ClNO2/c10-7-4-5-8(11-6-7)2-1-3-9(12)13/h1-2,4-6H,3H2,(H,12,13). The number of hydrogen-bond acceptors (Lipinski definition) is 2. The SMILES string of the molecule is O=C(O)CC=Cc1ccc(Cl)cn1. The first-order valence-corrected chi connectivity index (χ1v) is 4.06. The molecule has 1 aromatic heterocycles. The van der Waals surface area contributed by atoms with Gasteiger partial charge >= 0.3 is 5.97 Å². The lowest BCUT2D eigenvalue weighted by molar-refractivity contribution is -0.135. The second kappa shape index (κ2) is 4.62. The molecule has 13 heavy (non-hydrogen) atoms. The van der Waals surface area contributed by atoms with Gasteiger partial charge in [0.25, 0.3) is 0 Å². The van der Waals surface area contributed by atoms with Crippen LogP contribution >= 0.6 is 11.6 Å². The molecule has 0 unspecified atom stereocenters. The summed E-state index contributed by atoms with van der Waals surface area (Å²) in [5.41, 5.74) is 0.700. The number of rotatable bonds is 3. The van der Waals surface area contributed by atoms with Gasteiger partial charge in [-0.25, -0.2) is 0 Å². The van der Waals surface area contributed by atoms with Crippen molar-refractivity contribution in [1.29, 1.82) is 0 Å². The molecule has 0 saturated carbocycles. The summed E-state index contributed by atoms with van der Waals surface area (Å²) in [6.45, 7) is 0. The molecule has 0 aromatic carbocycles. The van der Waals surface area contributed by atoms with Crippen LogP contribution in [0.15, 0.2) is 24.4 Å². The van der Waals surface area contributed by atoms with Gasteiger partial charge in [-0.05, 0) is 18.2 Å². The van der Waals surface area contributed by atoms with Gasteiger partial charge in [0, 0.05) is 6.20 Å². The third kappa shape index (κ3) is 3.71. The molecule has 0 bridgehead atoms. The van der Waals surface area contributed by atoms with Gasteiger partial charge < -0.3 is 5.11 Å². The van der Waals surface area contributed by atoms with Crippen molar-refractivity contribution >= 4 is 23.6 Å². The minimum atomic E-state index is -0.856. The highest BCUT2D eigenvalue weighted by Crippen LogP contribution is 2.07. The number of carboxylic acids is 1. The van der Waals surface area contributed by atoms with Crippen molar-refractivity contribution in [3.05, 3.63) is 35.1 Å². The van der Waals surface area contributed by atoms with Gasteiger partial charge in [0.05, 0.1) is 17.1 Å². The first-order valence-electron chi connectivity index (χ1n) is 3.68. The summed E-state index contributed by atoms with van der Waals surface area (Å²) in [7, 11) is 0. The fourth-order valence-electron chi connectivity index (χ4n) is 0.766. The summed E-state index contributed by atoms with van der Waals surface area (Å²) in [6.07, 6.45) is 4.70. The van der Waals surface area contributed by atoms with Crippen molar-refractivity contribution in [3.8, 4) is 0 Å². The Morgan fingerprint density at radius 1 is 1.62 bits per heavy atom. The normalized spacial score (nSPS) is 10.5. The average molecular weight is 198 g/mol. The number of carbonyl (C=O) groups is 1. The van der Waals surface area contributed by atoms with Crippen LogP contribution in [-0.4, -0.2) is 16.1 Å². The maximum atomic E-state index is 10.2. The highest BCUT2D eigenvalue weighted by Gasteiger charge is 1.91. The second-order valence-corrected chi connectivity index (χ2v) is 2.84.